The Morgan fingerprint density at radius 2 is 1.53 bits per heavy atom. The summed E-state index contributed by atoms with van der Waals surface area (Å²) in [5.41, 5.74) is 0.109. The summed E-state index contributed by atoms with van der Waals surface area (Å²) in [5.74, 6) is -0.733. The Hall–Kier alpha value is -5.31. The number of halogens is 4. The van der Waals surface area contributed by atoms with Crippen molar-refractivity contribution in [1.82, 2.24) is 19.1 Å². The minimum absolute atomic E-state index is 0.116. The van der Waals surface area contributed by atoms with Gasteiger partial charge in [0.15, 0.2) is 11.6 Å². The van der Waals surface area contributed by atoms with Gasteiger partial charge in [-0.1, -0.05) is 19.9 Å². The third-order valence-corrected chi connectivity index (χ3v) is 7.26. The van der Waals surface area contributed by atoms with Crippen LogP contribution in [0.3, 0.4) is 0 Å². The molecule has 45 heavy (non-hydrogen) atoms. The van der Waals surface area contributed by atoms with Crippen molar-refractivity contribution in [3.63, 3.8) is 0 Å². The summed E-state index contributed by atoms with van der Waals surface area (Å²) in [4.78, 5) is 34.2. The highest BCUT2D eigenvalue weighted by Gasteiger charge is 2.34. The van der Waals surface area contributed by atoms with Crippen LogP contribution in [0.25, 0.3) is 33.5 Å². The molecule has 0 aliphatic carbocycles. The second kappa shape index (κ2) is 12.7. The fourth-order valence-electron chi connectivity index (χ4n) is 5.03. The maximum Gasteiger partial charge on any atom is 0.418 e. The topological polar surface area (TPSA) is 106 Å². The minimum atomic E-state index is -4.70. The molecule has 3 aromatic heterocycles. The Labute approximate surface area is 256 Å². The fraction of sp³-hybridized carbons (Fsp3) is 0.242. The summed E-state index contributed by atoms with van der Waals surface area (Å²) < 4.78 is 57.7. The van der Waals surface area contributed by atoms with E-state index >= 15 is 0 Å². The molecule has 0 aliphatic rings. The van der Waals surface area contributed by atoms with Crippen LogP contribution in [0.15, 0.2) is 70.5 Å². The number of nitriles is 1. The molecule has 0 bridgehead atoms. The van der Waals surface area contributed by atoms with E-state index in [2.05, 4.69) is 15.3 Å². The van der Waals surface area contributed by atoms with Crippen LogP contribution in [0.2, 0.25) is 0 Å². The van der Waals surface area contributed by atoms with Crippen LogP contribution in [-0.2, 0) is 20.3 Å². The molecule has 1 atom stereocenters. The van der Waals surface area contributed by atoms with E-state index in [1.165, 1.54) is 42.2 Å². The molecule has 3 heterocycles. The molecule has 232 valence electrons. The van der Waals surface area contributed by atoms with Gasteiger partial charge in [0.2, 0.25) is 0 Å². The van der Waals surface area contributed by atoms with Crippen LogP contribution in [-0.4, -0.2) is 19.1 Å². The quantitative estimate of drug-likeness (QED) is 0.215. The third kappa shape index (κ3) is 6.33. The summed E-state index contributed by atoms with van der Waals surface area (Å²) in [7, 11) is 2.99. The highest BCUT2D eigenvalue weighted by Crippen LogP contribution is 2.38. The van der Waals surface area contributed by atoms with Gasteiger partial charge in [-0.2, -0.15) is 18.4 Å². The summed E-state index contributed by atoms with van der Waals surface area (Å²) in [6, 6.07) is 12.1. The standard InChI is InChI=1S/C31H24F4N6O2.C2H6/c1-16-9-20(17(2)39-25-7-5-18(13-36)11-23(25)31(33,34)35)21-12-27(41(4)29(42)22(21)10-16)19-14-37-28(38-15-19)26-8-6-24(32)30(43)40(26)3;1-2/h5-12,14-15,17,39H,1-4H3;1-2H3/t17-;/m1./s1. The number of fused-ring (bicyclic) bond motifs is 1. The number of benzene rings is 2. The molecule has 5 aromatic rings. The van der Waals surface area contributed by atoms with Crippen LogP contribution >= 0.6 is 0 Å². The molecule has 1 N–H and O–H groups in total. The number of pyridine rings is 2. The first-order valence-electron chi connectivity index (χ1n) is 14.0. The molecular formula is C33H30F4N6O2. The monoisotopic (exact) mass is 618 g/mol. The Kier molecular flexibility index (Phi) is 9.23. The molecule has 0 radical (unpaired) electrons. The van der Waals surface area contributed by atoms with Crippen molar-refractivity contribution in [3.05, 3.63) is 110 Å². The Bertz CT molecular complexity index is 2060. The lowest BCUT2D eigenvalue weighted by Crippen LogP contribution is -2.22. The first-order chi connectivity index (χ1) is 21.3. The van der Waals surface area contributed by atoms with Crippen molar-refractivity contribution in [2.75, 3.05) is 5.32 Å². The lowest BCUT2D eigenvalue weighted by atomic mass is 9.96. The maximum absolute atomic E-state index is 13.8. The summed E-state index contributed by atoms with van der Waals surface area (Å²) in [6.07, 6.45) is -1.75. The number of anilines is 1. The van der Waals surface area contributed by atoms with Gasteiger partial charge in [0.05, 0.1) is 28.6 Å². The summed E-state index contributed by atoms with van der Waals surface area (Å²) in [6.45, 7) is 7.48. The van der Waals surface area contributed by atoms with E-state index in [9.17, 15) is 27.2 Å². The number of rotatable bonds is 5. The Morgan fingerprint density at radius 3 is 2.16 bits per heavy atom. The van der Waals surface area contributed by atoms with Crippen LogP contribution in [0, 0.1) is 24.1 Å². The predicted octanol–water partition coefficient (Wildman–Crippen LogP) is 6.90. The summed E-state index contributed by atoms with van der Waals surface area (Å²) in [5, 5.41) is 12.9. The van der Waals surface area contributed by atoms with Gasteiger partial charge in [-0.05, 0) is 72.8 Å². The van der Waals surface area contributed by atoms with Crippen molar-refractivity contribution in [1.29, 1.82) is 5.26 Å². The van der Waals surface area contributed by atoms with E-state index in [1.807, 2.05) is 13.8 Å². The number of nitrogens with zero attached hydrogens (tertiary/aromatic N) is 5. The van der Waals surface area contributed by atoms with Crippen LogP contribution in [0.4, 0.5) is 23.2 Å². The second-order valence-electron chi connectivity index (χ2n) is 10.2. The molecule has 0 saturated heterocycles. The fourth-order valence-corrected chi connectivity index (χ4v) is 5.03. The molecule has 2 aromatic carbocycles. The minimum Gasteiger partial charge on any atom is -0.378 e. The molecule has 0 unspecified atom stereocenters. The number of hydrogen-bond acceptors (Lipinski definition) is 6. The number of aryl methyl sites for hydroxylation is 1. The van der Waals surface area contributed by atoms with Crippen molar-refractivity contribution in [2.24, 2.45) is 14.1 Å². The van der Waals surface area contributed by atoms with Crippen LogP contribution in [0.1, 0.15) is 49.1 Å². The van der Waals surface area contributed by atoms with Crippen molar-refractivity contribution < 1.29 is 17.6 Å². The second-order valence-corrected chi connectivity index (χ2v) is 10.2. The SMILES string of the molecule is CC.Cc1cc([C@@H](C)Nc2ccc(C#N)cc2C(F)(F)F)c2cc(-c3cnc(-c4ccc(F)c(=O)n4C)nc3)n(C)c(=O)c2c1. The first-order valence-corrected chi connectivity index (χ1v) is 14.0. The van der Waals surface area contributed by atoms with E-state index in [1.54, 1.807) is 45.2 Å². The molecule has 0 fully saturated rings. The van der Waals surface area contributed by atoms with E-state index in [-0.39, 0.29) is 22.6 Å². The average molecular weight is 619 g/mol. The largest absolute Gasteiger partial charge is 0.418 e. The molecule has 5 rings (SSSR count). The molecule has 0 spiro atoms. The lowest BCUT2D eigenvalue weighted by molar-refractivity contribution is -0.137. The van der Waals surface area contributed by atoms with Gasteiger partial charge in [0.1, 0.15) is 0 Å². The average Bonchev–Trinajstić information content (AvgIpc) is 3.02. The third-order valence-electron chi connectivity index (χ3n) is 7.26. The zero-order valence-electron chi connectivity index (χ0n) is 25.4. The van der Waals surface area contributed by atoms with Gasteiger partial charge in [0.25, 0.3) is 11.1 Å². The number of hydrogen-bond donors (Lipinski definition) is 1. The molecule has 12 heteroatoms. The van der Waals surface area contributed by atoms with Gasteiger partial charge in [0, 0.05) is 49.2 Å². The summed E-state index contributed by atoms with van der Waals surface area (Å²) >= 11 is 0. The molecule has 0 amide bonds. The van der Waals surface area contributed by atoms with Crippen LogP contribution < -0.4 is 16.4 Å². The highest BCUT2D eigenvalue weighted by molar-refractivity contribution is 5.89. The van der Waals surface area contributed by atoms with E-state index < -0.39 is 29.2 Å². The van der Waals surface area contributed by atoms with Gasteiger partial charge >= 0.3 is 6.18 Å². The van der Waals surface area contributed by atoms with Crippen molar-refractivity contribution in [3.8, 4) is 28.8 Å². The zero-order valence-corrected chi connectivity index (χ0v) is 25.4. The maximum atomic E-state index is 13.8. The number of nitrogens with one attached hydrogen (secondary N) is 1. The van der Waals surface area contributed by atoms with Gasteiger partial charge in [-0.15, -0.1) is 0 Å². The lowest BCUT2D eigenvalue weighted by Gasteiger charge is -2.22. The van der Waals surface area contributed by atoms with E-state index in [0.717, 1.165) is 22.3 Å². The normalized spacial score (nSPS) is 11.8. The Balaban J connectivity index is 0.00000226. The Morgan fingerprint density at radius 1 is 0.889 bits per heavy atom. The van der Waals surface area contributed by atoms with Gasteiger partial charge < -0.3 is 14.5 Å². The van der Waals surface area contributed by atoms with Crippen molar-refractivity contribution in [2.45, 2.75) is 39.9 Å². The molecule has 0 aliphatic heterocycles. The first kappa shape index (κ1) is 32.6. The van der Waals surface area contributed by atoms with Gasteiger partial charge in [-0.3, -0.25) is 9.59 Å². The molecule has 8 nitrogen and oxygen atoms in total. The molecule has 0 saturated carbocycles. The van der Waals surface area contributed by atoms with E-state index in [0.29, 0.717) is 33.3 Å². The smallest absolute Gasteiger partial charge is 0.378 e. The predicted molar refractivity (Wildman–Crippen MR) is 165 cm³/mol. The van der Waals surface area contributed by atoms with E-state index in [4.69, 9.17) is 5.26 Å². The number of aromatic nitrogens is 4. The zero-order chi connectivity index (χ0) is 33.2. The highest BCUT2D eigenvalue weighted by atomic mass is 19.4. The van der Waals surface area contributed by atoms with Crippen molar-refractivity contribution >= 4 is 16.5 Å². The molecular weight excluding hydrogens is 588 g/mol. The van der Waals surface area contributed by atoms with Gasteiger partial charge in [-0.25, -0.2) is 14.4 Å². The number of alkyl halides is 3. The van der Waals surface area contributed by atoms with Crippen LogP contribution in [0.5, 0.6) is 0 Å².